The first kappa shape index (κ1) is 20.8. The summed E-state index contributed by atoms with van der Waals surface area (Å²) in [5.41, 5.74) is 2.88. The molecule has 2 fully saturated rings. The number of imidazole rings is 1. The number of halogens is 1. The van der Waals surface area contributed by atoms with Gasteiger partial charge in [0.2, 0.25) is 5.95 Å². The summed E-state index contributed by atoms with van der Waals surface area (Å²) >= 11 is 6.03. The number of nitrogens with one attached hydrogen (secondary N) is 1. The maximum Gasteiger partial charge on any atom is 0.320 e. The van der Waals surface area contributed by atoms with E-state index in [1.807, 2.05) is 66.9 Å². The van der Waals surface area contributed by atoms with Gasteiger partial charge < -0.3 is 19.7 Å². The summed E-state index contributed by atoms with van der Waals surface area (Å²) in [7, 11) is 1.85. The number of carbonyl (C=O) groups excluding carboxylic acids is 1. The number of benzene rings is 1. The first-order chi connectivity index (χ1) is 15.4. The van der Waals surface area contributed by atoms with Crippen LogP contribution in [0.3, 0.4) is 0 Å². The fourth-order valence-electron chi connectivity index (χ4n) is 4.38. The summed E-state index contributed by atoms with van der Waals surface area (Å²) in [5, 5.41) is 4.11. The molecular formula is C23H26ClN7O. The van der Waals surface area contributed by atoms with Crippen LogP contribution in [0.1, 0.15) is 42.5 Å². The summed E-state index contributed by atoms with van der Waals surface area (Å²) in [6, 6.07) is 9.92. The second-order valence-corrected chi connectivity index (χ2v) is 9.00. The van der Waals surface area contributed by atoms with Crippen LogP contribution >= 0.6 is 11.6 Å². The second-order valence-electron chi connectivity index (χ2n) is 8.56. The number of carbonyl (C=O) groups is 1. The Kier molecular flexibility index (Phi) is 5.25. The number of hydrogen-bond acceptors (Lipinski definition) is 5. The van der Waals surface area contributed by atoms with Gasteiger partial charge in [-0.2, -0.15) is 0 Å². The van der Waals surface area contributed by atoms with Crippen LogP contribution in [0, 0.1) is 6.92 Å². The van der Waals surface area contributed by atoms with Crippen molar-refractivity contribution in [3.63, 3.8) is 0 Å². The number of aryl methyl sites for hydroxylation is 1. The van der Waals surface area contributed by atoms with E-state index < -0.39 is 0 Å². The van der Waals surface area contributed by atoms with E-state index in [2.05, 4.69) is 15.3 Å². The Balaban J connectivity index is 1.33. The Morgan fingerprint density at radius 3 is 2.69 bits per heavy atom. The number of rotatable bonds is 6. The third kappa shape index (κ3) is 3.90. The molecule has 1 aliphatic carbocycles. The van der Waals surface area contributed by atoms with Crippen molar-refractivity contribution >= 4 is 23.6 Å². The minimum absolute atomic E-state index is 0.112. The number of amides is 2. The molecule has 1 N–H and O–H groups in total. The van der Waals surface area contributed by atoms with Crippen LogP contribution in [0.2, 0.25) is 5.02 Å². The van der Waals surface area contributed by atoms with Crippen molar-refractivity contribution in [2.45, 2.75) is 38.3 Å². The summed E-state index contributed by atoms with van der Waals surface area (Å²) < 4.78 is 2.02. The standard InChI is InChI=1S/C23H26ClN7O/c1-14-12-19(18-13-20(18)31-11-10-29(3)23(31)32)28-22(26-14)27-15(2)21-25-8-9-30(21)17-6-4-16(24)5-7-17/h4-9,12,15,18,20H,10-11,13H2,1-3H3,(H,26,27,28)/t15-,18?,20-/m0/s1. The molecule has 0 spiro atoms. The van der Waals surface area contributed by atoms with Gasteiger partial charge in [-0.1, -0.05) is 11.6 Å². The van der Waals surface area contributed by atoms with Crippen molar-refractivity contribution in [3.05, 3.63) is 65.0 Å². The van der Waals surface area contributed by atoms with Crippen LogP contribution in [0.25, 0.3) is 5.69 Å². The highest BCUT2D eigenvalue weighted by Gasteiger charge is 2.48. The fourth-order valence-corrected chi connectivity index (χ4v) is 4.51. The largest absolute Gasteiger partial charge is 0.345 e. The molecule has 9 heteroatoms. The average Bonchev–Trinajstić information content (AvgIpc) is 3.26. The highest BCUT2D eigenvalue weighted by Crippen LogP contribution is 2.45. The topological polar surface area (TPSA) is 79.2 Å². The van der Waals surface area contributed by atoms with Crippen molar-refractivity contribution in [2.75, 3.05) is 25.5 Å². The van der Waals surface area contributed by atoms with Crippen LogP contribution < -0.4 is 5.32 Å². The smallest absolute Gasteiger partial charge is 0.320 e. The molecule has 2 amide bonds. The van der Waals surface area contributed by atoms with Crippen molar-refractivity contribution < 1.29 is 4.79 Å². The van der Waals surface area contributed by atoms with E-state index in [0.717, 1.165) is 42.4 Å². The third-order valence-electron chi connectivity index (χ3n) is 6.17. The lowest BCUT2D eigenvalue weighted by Gasteiger charge is -2.18. The van der Waals surface area contributed by atoms with E-state index in [-0.39, 0.29) is 24.0 Å². The van der Waals surface area contributed by atoms with Crippen molar-refractivity contribution in [1.82, 2.24) is 29.3 Å². The zero-order valence-corrected chi connectivity index (χ0v) is 19.1. The number of aromatic nitrogens is 4. The van der Waals surface area contributed by atoms with E-state index in [0.29, 0.717) is 11.0 Å². The Bertz CT molecular complexity index is 1150. The number of nitrogens with zero attached hydrogens (tertiary/aromatic N) is 6. The minimum atomic E-state index is -0.112. The second kappa shape index (κ2) is 8.09. The van der Waals surface area contributed by atoms with Gasteiger partial charge in [-0.25, -0.2) is 19.7 Å². The molecular weight excluding hydrogens is 426 g/mol. The molecule has 5 rings (SSSR count). The van der Waals surface area contributed by atoms with E-state index in [1.54, 1.807) is 11.1 Å². The fraction of sp³-hybridized carbons (Fsp3) is 0.391. The minimum Gasteiger partial charge on any atom is -0.345 e. The predicted octanol–water partition coefficient (Wildman–Crippen LogP) is 4.02. The first-order valence-corrected chi connectivity index (χ1v) is 11.2. The zero-order chi connectivity index (χ0) is 22.4. The highest BCUT2D eigenvalue weighted by atomic mass is 35.5. The Hall–Kier alpha value is -3.13. The molecule has 2 aliphatic rings. The Morgan fingerprint density at radius 1 is 1.19 bits per heavy atom. The Morgan fingerprint density at radius 2 is 1.97 bits per heavy atom. The Labute approximate surface area is 192 Å². The van der Waals surface area contributed by atoms with E-state index in [4.69, 9.17) is 16.6 Å². The van der Waals surface area contributed by atoms with Crippen LogP contribution in [0.4, 0.5) is 10.7 Å². The summed E-state index contributed by atoms with van der Waals surface area (Å²) in [6.07, 6.45) is 4.66. The number of anilines is 1. The van der Waals surface area contributed by atoms with E-state index in [9.17, 15) is 4.79 Å². The molecule has 2 aromatic heterocycles. The van der Waals surface area contributed by atoms with Gasteiger partial charge in [-0.05, 0) is 50.6 Å². The van der Waals surface area contributed by atoms with E-state index >= 15 is 0 Å². The monoisotopic (exact) mass is 451 g/mol. The van der Waals surface area contributed by atoms with Crippen LogP contribution in [-0.2, 0) is 0 Å². The molecule has 1 aliphatic heterocycles. The van der Waals surface area contributed by atoms with Gasteiger partial charge in [0.25, 0.3) is 0 Å². The van der Waals surface area contributed by atoms with E-state index in [1.165, 1.54) is 0 Å². The molecule has 1 saturated heterocycles. The number of likely N-dealkylation sites (N-methyl/N-ethyl adjacent to an activating group) is 1. The molecule has 166 valence electrons. The van der Waals surface area contributed by atoms with Gasteiger partial charge >= 0.3 is 6.03 Å². The van der Waals surface area contributed by atoms with Crippen LogP contribution in [-0.4, -0.2) is 61.5 Å². The average molecular weight is 452 g/mol. The van der Waals surface area contributed by atoms with Crippen molar-refractivity contribution in [2.24, 2.45) is 0 Å². The van der Waals surface area contributed by atoms with Gasteiger partial charge in [-0.15, -0.1) is 0 Å². The molecule has 1 unspecified atom stereocenters. The van der Waals surface area contributed by atoms with Crippen molar-refractivity contribution in [3.8, 4) is 5.69 Å². The SMILES string of the molecule is Cc1cc(C2C[C@@H]2N2CCN(C)C2=O)nc(N[C@@H](C)c2nccn2-c2ccc(Cl)cc2)n1. The molecule has 1 aromatic carbocycles. The van der Waals surface area contributed by atoms with Gasteiger partial charge in [0.05, 0.1) is 11.7 Å². The summed E-state index contributed by atoms with van der Waals surface area (Å²) in [4.78, 5) is 30.0. The van der Waals surface area contributed by atoms with Crippen molar-refractivity contribution in [1.29, 1.82) is 0 Å². The van der Waals surface area contributed by atoms with Gasteiger partial charge in [0.15, 0.2) is 0 Å². The molecule has 0 radical (unpaired) electrons. The first-order valence-electron chi connectivity index (χ1n) is 10.8. The number of urea groups is 1. The lowest BCUT2D eigenvalue weighted by atomic mass is 10.2. The maximum atomic E-state index is 12.3. The molecule has 3 atom stereocenters. The normalized spacial score (nSPS) is 21.2. The quantitative estimate of drug-likeness (QED) is 0.612. The lowest BCUT2D eigenvalue weighted by Crippen LogP contribution is -2.32. The van der Waals surface area contributed by atoms with Gasteiger partial charge in [-0.3, -0.25) is 0 Å². The third-order valence-corrected chi connectivity index (χ3v) is 6.42. The zero-order valence-electron chi connectivity index (χ0n) is 18.4. The predicted molar refractivity (Wildman–Crippen MR) is 123 cm³/mol. The summed E-state index contributed by atoms with van der Waals surface area (Å²) in [5.74, 6) is 1.70. The highest BCUT2D eigenvalue weighted by molar-refractivity contribution is 6.30. The van der Waals surface area contributed by atoms with Gasteiger partial charge in [0.1, 0.15) is 5.82 Å². The lowest BCUT2D eigenvalue weighted by molar-refractivity contribution is 0.196. The molecule has 8 nitrogen and oxygen atoms in total. The molecule has 3 heterocycles. The van der Waals surface area contributed by atoms with Gasteiger partial charge in [0, 0.05) is 60.9 Å². The molecule has 3 aromatic rings. The summed E-state index contributed by atoms with van der Waals surface area (Å²) in [6.45, 7) is 5.59. The van der Waals surface area contributed by atoms with Crippen LogP contribution in [0.5, 0.6) is 0 Å². The molecule has 32 heavy (non-hydrogen) atoms. The molecule has 0 bridgehead atoms. The maximum absolute atomic E-state index is 12.3. The number of hydrogen-bond donors (Lipinski definition) is 1. The van der Waals surface area contributed by atoms with Crippen LogP contribution in [0.15, 0.2) is 42.7 Å². The molecule has 1 saturated carbocycles.